The quantitative estimate of drug-likeness (QED) is 0.768. The Morgan fingerprint density at radius 1 is 1.05 bits per heavy atom. The van der Waals surface area contributed by atoms with Gasteiger partial charge < -0.3 is 15.6 Å². The molecule has 104 valence electrons. The molecular weight excluding hydrogens is 268 g/mol. The molecular formula is C16H12N2O3. The number of anilines is 1. The van der Waals surface area contributed by atoms with Crippen LogP contribution in [0.3, 0.4) is 0 Å². The Hall–Kier alpha value is -3.08. The van der Waals surface area contributed by atoms with Gasteiger partial charge in [-0.1, -0.05) is 18.2 Å². The van der Waals surface area contributed by atoms with Crippen molar-refractivity contribution in [2.75, 3.05) is 5.73 Å². The lowest BCUT2D eigenvalue weighted by molar-refractivity contribution is 0.0698. The smallest absolute Gasteiger partial charge is 0.339 e. The first-order valence-corrected chi connectivity index (χ1v) is 6.30. The van der Waals surface area contributed by atoms with Crippen molar-refractivity contribution >= 4 is 22.7 Å². The fraction of sp³-hybridized carbons (Fsp3) is 0. The zero-order valence-electron chi connectivity index (χ0n) is 11.0. The number of carboxylic acid groups (broad SMARTS) is 1. The molecule has 3 N–H and O–H groups in total. The number of ether oxygens (including phenoxy) is 1. The van der Waals surface area contributed by atoms with Crippen LogP contribution in [0.15, 0.2) is 54.6 Å². The molecule has 21 heavy (non-hydrogen) atoms. The minimum absolute atomic E-state index is 0.00623. The second-order valence-electron chi connectivity index (χ2n) is 4.50. The lowest BCUT2D eigenvalue weighted by Crippen LogP contribution is -2.04. The summed E-state index contributed by atoms with van der Waals surface area (Å²) >= 11 is 0. The van der Waals surface area contributed by atoms with Gasteiger partial charge in [-0.05, 0) is 36.4 Å². The van der Waals surface area contributed by atoms with Gasteiger partial charge in [-0.2, -0.15) is 0 Å². The maximum Gasteiger partial charge on any atom is 0.339 e. The molecule has 3 rings (SSSR count). The summed E-state index contributed by atoms with van der Waals surface area (Å²) in [7, 11) is 0. The standard InChI is InChI=1S/C16H12N2O3/c17-15-13(16(19)20)9-10-8-12(6-7-14(10)18-15)21-11-4-2-1-3-5-11/h1-9H,(H2,17,18)(H,19,20). The highest BCUT2D eigenvalue weighted by Gasteiger charge is 2.11. The molecule has 0 fully saturated rings. The molecule has 2 aromatic carbocycles. The highest BCUT2D eigenvalue weighted by atomic mass is 16.5. The molecule has 0 bridgehead atoms. The molecule has 0 aliphatic heterocycles. The van der Waals surface area contributed by atoms with Gasteiger partial charge in [-0.15, -0.1) is 0 Å². The average Bonchev–Trinajstić information content (AvgIpc) is 2.47. The lowest BCUT2D eigenvalue weighted by atomic mass is 10.1. The largest absolute Gasteiger partial charge is 0.478 e. The highest BCUT2D eigenvalue weighted by molar-refractivity contribution is 5.97. The molecule has 0 aliphatic carbocycles. The SMILES string of the molecule is Nc1nc2ccc(Oc3ccccc3)cc2cc1C(=O)O. The van der Waals surface area contributed by atoms with Crippen LogP contribution in [0.1, 0.15) is 10.4 Å². The number of hydrogen-bond donors (Lipinski definition) is 2. The van der Waals surface area contributed by atoms with Crippen LogP contribution in [0, 0.1) is 0 Å². The van der Waals surface area contributed by atoms with E-state index in [1.54, 1.807) is 18.2 Å². The van der Waals surface area contributed by atoms with E-state index in [2.05, 4.69) is 4.98 Å². The summed E-state index contributed by atoms with van der Waals surface area (Å²) in [6.07, 6.45) is 0. The second-order valence-corrected chi connectivity index (χ2v) is 4.50. The van der Waals surface area contributed by atoms with Crippen LogP contribution in [0.5, 0.6) is 11.5 Å². The Morgan fingerprint density at radius 2 is 1.81 bits per heavy atom. The first-order valence-electron chi connectivity index (χ1n) is 6.30. The van der Waals surface area contributed by atoms with Gasteiger partial charge in [0.1, 0.15) is 22.9 Å². The number of nitrogens with zero attached hydrogens (tertiary/aromatic N) is 1. The van der Waals surface area contributed by atoms with E-state index in [-0.39, 0.29) is 11.4 Å². The first kappa shape index (κ1) is 12.9. The number of para-hydroxylation sites is 1. The maximum absolute atomic E-state index is 11.1. The molecule has 0 aliphatic rings. The maximum atomic E-state index is 11.1. The van der Waals surface area contributed by atoms with E-state index in [4.69, 9.17) is 15.6 Å². The molecule has 0 amide bonds. The topological polar surface area (TPSA) is 85.4 Å². The molecule has 0 saturated carbocycles. The Labute approximate surface area is 120 Å². The number of rotatable bonds is 3. The zero-order valence-corrected chi connectivity index (χ0v) is 11.0. The predicted octanol–water partition coefficient (Wildman–Crippen LogP) is 3.31. The van der Waals surface area contributed by atoms with Crippen molar-refractivity contribution < 1.29 is 14.6 Å². The van der Waals surface area contributed by atoms with E-state index in [0.717, 1.165) is 0 Å². The summed E-state index contributed by atoms with van der Waals surface area (Å²) in [5.74, 6) is 0.221. The number of carbonyl (C=O) groups is 1. The fourth-order valence-electron chi connectivity index (χ4n) is 2.03. The number of pyridine rings is 1. The van der Waals surface area contributed by atoms with Gasteiger partial charge in [0.2, 0.25) is 0 Å². The van der Waals surface area contributed by atoms with Gasteiger partial charge in [0.25, 0.3) is 0 Å². The van der Waals surface area contributed by atoms with E-state index < -0.39 is 5.97 Å². The van der Waals surface area contributed by atoms with Gasteiger partial charge in [0, 0.05) is 5.39 Å². The zero-order chi connectivity index (χ0) is 14.8. The van der Waals surface area contributed by atoms with Crippen LogP contribution in [0.25, 0.3) is 10.9 Å². The monoisotopic (exact) mass is 280 g/mol. The van der Waals surface area contributed by atoms with Gasteiger partial charge >= 0.3 is 5.97 Å². The molecule has 0 atom stereocenters. The van der Waals surface area contributed by atoms with Crippen LogP contribution >= 0.6 is 0 Å². The Balaban J connectivity index is 2.03. The van der Waals surface area contributed by atoms with Gasteiger partial charge in [-0.25, -0.2) is 9.78 Å². The van der Waals surface area contributed by atoms with E-state index in [0.29, 0.717) is 22.4 Å². The summed E-state index contributed by atoms with van der Waals surface area (Å²) in [6, 6.07) is 16.1. The van der Waals surface area contributed by atoms with E-state index in [9.17, 15) is 4.79 Å². The van der Waals surface area contributed by atoms with Gasteiger partial charge in [-0.3, -0.25) is 0 Å². The number of benzene rings is 2. The molecule has 3 aromatic rings. The summed E-state index contributed by atoms with van der Waals surface area (Å²) in [5.41, 5.74) is 6.23. The van der Waals surface area contributed by atoms with Gasteiger partial charge in [0.15, 0.2) is 0 Å². The summed E-state index contributed by atoms with van der Waals surface area (Å²) in [6.45, 7) is 0. The van der Waals surface area contributed by atoms with Crippen molar-refractivity contribution in [2.24, 2.45) is 0 Å². The third kappa shape index (κ3) is 2.62. The lowest BCUT2D eigenvalue weighted by Gasteiger charge is -2.08. The van der Waals surface area contributed by atoms with Crippen LogP contribution in [-0.2, 0) is 0 Å². The number of nitrogen functional groups attached to an aromatic ring is 1. The van der Waals surface area contributed by atoms with E-state index in [1.165, 1.54) is 6.07 Å². The van der Waals surface area contributed by atoms with Crippen molar-refractivity contribution in [3.63, 3.8) is 0 Å². The number of nitrogens with two attached hydrogens (primary N) is 1. The summed E-state index contributed by atoms with van der Waals surface area (Å²) in [4.78, 5) is 15.2. The number of hydrogen-bond acceptors (Lipinski definition) is 4. The number of aromatic nitrogens is 1. The molecule has 5 heteroatoms. The molecule has 5 nitrogen and oxygen atoms in total. The highest BCUT2D eigenvalue weighted by Crippen LogP contribution is 2.26. The summed E-state index contributed by atoms with van der Waals surface area (Å²) < 4.78 is 5.71. The molecule has 0 radical (unpaired) electrons. The normalized spacial score (nSPS) is 10.5. The molecule has 1 heterocycles. The second kappa shape index (κ2) is 5.13. The number of carboxylic acids is 1. The molecule has 1 aromatic heterocycles. The Bertz CT molecular complexity index is 816. The van der Waals surface area contributed by atoms with Crippen molar-refractivity contribution in [1.29, 1.82) is 0 Å². The average molecular weight is 280 g/mol. The Morgan fingerprint density at radius 3 is 2.52 bits per heavy atom. The van der Waals surface area contributed by atoms with Crippen molar-refractivity contribution in [2.45, 2.75) is 0 Å². The summed E-state index contributed by atoms with van der Waals surface area (Å²) in [5, 5.41) is 9.74. The third-order valence-corrected chi connectivity index (χ3v) is 3.03. The Kier molecular flexibility index (Phi) is 3.16. The fourth-order valence-corrected chi connectivity index (χ4v) is 2.03. The van der Waals surface area contributed by atoms with Gasteiger partial charge in [0.05, 0.1) is 5.52 Å². The van der Waals surface area contributed by atoms with Crippen LogP contribution in [0.4, 0.5) is 5.82 Å². The minimum atomic E-state index is -1.10. The minimum Gasteiger partial charge on any atom is -0.478 e. The van der Waals surface area contributed by atoms with Crippen molar-refractivity contribution in [1.82, 2.24) is 4.98 Å². The molecule has 0 unspecified atom stereocenters. The van der Waals surface area contributed by atoms with Crippen molar-refractivity contribution in [3.05, 3.63) is 60.2 Å². The first-order chi connectivity index (χ1) is 10.1. The predicted molar refractivity (Wildman–Crippen MR) is 79.6 cm³/mol. The van der Waals surface area contributed by atoms with Crippen molar-refractivity contribution in [3.8, 4) is 11.5 Å². The number of fused-ring (bicyclic) bond motifs is 1. The van der Waals surface area contributed by atoms with E-state index >= 15 is 0 Å². The van der Waals surface area contributed by atoms with Crippen LogP contribution < -0.4 is 10.5 Å². The van der Waals surface area contributed by atoms with E-state index in [1.807, 2.05) is 30.3 Å². The third-order valence-electron chi connectivity index (χ3n) is 3.03. The van der Waals surface area contributed by atoms with Crippen LogP contribution in [-0.4, -0.2) is 16.1 Å². The molecule has 0 saturated heterocycles. The van der Waals surface area contributed by atoms with Crippen LogP contribution in [0.2, 0.25) is 0 Å². The number of aromatic carboxylic acids is 1. The molecule has 0 spiro atoms.